The average Bonchev–Trinajstić information content (AvgIpc) is 2.67. The molecule has 3 rings (SSSR count). The van der Waals surface area contributed by atoms with Crippen molar-refractivity contribution in [1.29, 1.82) is 0 Å². The van der Waals surface area contributed by atoms with E-state index in [0.29, 0.717) is 13.1 Å². The summed E-state index contributed by atoms with van der Waals surface area (Å²) in [5.41, 5.74) is 1.90. The molecule has 136 valence electrons. The predicted molar refractivity (Wildman–Crippen MR) is 98.5 cm³/mol. The molecule has 0 saturated carbocycles. The molecule has 0 atom stereocenters. The molecule has 2 heterocycles. The number of amides is 2. The Hall–Kier alpha value is -1.88. The normalized spacial score (nSPS) is 19.9. The summed E-state index contributed by atoms with van der Waals surface area (Å²) in [6.45, 7) is 10.2. The van der Waals surface area contributed by atoms with E-state index in [1.54, 1.807) is 0 Å². The van der Waals surface area contributed by atoms with E-state index in [1.165, 1.54) is 0 Å². The lowest BCUT2D eigenvalue weighted by molar-refractivity contribution is -0.138. The number of aryl methyl sites for hydroxylation is 1. The third-order valence-corrected chi connectivity index (χ3v) is 5.56. The fraction of sp³-hybridized carbons (Fsp3) is 0.600. The van der Waals surface area contributed by atoms with Gasteiger partial charge in [-0.2, -0.15) is 0 Å². The highest BCUT2D eigenvalue weighted by Gasteiger charge is 2.31. The van der Waals surface area contributed by atoms with Gasteiger partial charge in [0.25, 0.3) is 5.91 Å². The minimum Gasteiger partial charge on any atom is -0.340 e. The summed E-state index contributed by atoms with van der Waals surface area (Å²) < 4.78 is 0. The first-order valence-corrected chi connectivity index (χ1v) is 9.45. The summed E-state index contributed by atoms with van der Waals surface area (Å²) in [6, 6.07) is 7.73. The SMILES string of the molecule is CCN1CCN(C(=O)C2CCN(C(=O)c3ccc(C)cc3)CC2)CC1. The topological polar surface area (TPSA) is 43.9 Å². The highest BCUT2D eigenvalue weighted by molar-refractivity contribution is 5.94. The molecule has 0 aromatic heterocycles. The van der Waals surface area contributed by atoms with Crippen LogP contribution in [0.1, 0.15) is 35.7 Å². The van der Waals surface area contributed by atoms with E-state index in [2.05, 4.69) is 11.8 Å². The second-order valence-corrected chi connectivity index (χ2v) is 7.19. The molecule has 0 unspecified atom stereocenters. The van der Waals surface area contributed by atoms with E-state index in [4.69, 9.17) is 0 Å². The number of piperazine rings is 1. The summed E-state index contributed by atoms with van der Waals surface area (Å²) >= 11 is 0. The summed E-state index contributed by atoms with van der Waals surface area (Å²) in [5, 5.41) is 0. The van der Waals surface area contributed by atoms with Crippen molar-refractivity contribution < 1.29 is 9.59 Å². The van der Waals surface area contributed by atoms with Crippen molar-refractivity contribution in [3.8, 4) is 0 Å². The predicted octanol–water partition coefficient (Wildman–Crippen LogP) is 2.01. The average molecular weight is 343 g/mol. The van der Waals surface area contributed by atoms with Crippen LogP contribution < -0.4 is 0 Å². The van der Waals surface area contributed by atoms with Gasteiger partial charge in [0.05, 0.1) is 0 Å². The first-order chi connectivity index (χ1) is 12.1. The molecular weight excluding hydrogens is 314 g/mol. The van der Waals surface area contributed by atoms with Gasteiger partial charge in [-0.15, -0.1) is 0 Å². The molecule has 5 nitrogen and oxygen atoms in total. The number of hydrogen-bond acceptors (Lipinski definition) is 3. The molecule has 2 saturated heterocycles. The fourth-order valence-electron chi connectivity index (χ4n) is 3.75. The first kappa shape index (κ1) is 17.9. The van der Waals surface area contributed by atoms with Gasteiger partial charge in [0, 0.05) is 50.7 Å². The molecule has 1 aromatic rings. The van der Waals surface area contributed by atoms with Crippen LogP contribution in [-0.4, -0.2) is 72.3 Å². The number of hydrogen-bond donors (Lipinski definition) is 0. The third-order valence-electron chi connectivity index (χ3n) is 5.56. The van der Waals surface area contributed by atoms with Gasteiger partial charge in [0.2, 0.25) is 5.91 Å². The van der Waals surface area contributed by atoms with Crippen molar-refractivity contribution in [1.82, 2.24) is 14.7 Å². The highest BCUT2D eigenvalue weighted by atomic mass is 16.2. The zero-order valence-corrected chi connectivity index (χ0v) is 15.4. The van der Waals surface area contributed by atoms with Gasteiger partial charge in [-0.05, 0) is 38.4 Å². The van der Waals surface area contributed by atoms with Crippen LogP contribution in [0.2, 0.25) is 0 Å². The molecule has 25 heavy (non-hydrogen) atoms. The van der Waals surface area contributed by atoms with Gasteiger partial charge in [-0.3, -0.25) is 9.59 Å². The Kier molecular flexibility index (Phi) is 5.74. The van der Waals surface area contributed by atoms with Crippen molar-refractivity contribution in [2.45, 2.75) is 26.7 Å². The third kappa shape index (κ3) is 4.21. The van der Waals surface area contributed by atoms with E-state index in [9.17, 15) is 9.59 Å². The van der Waals surface area contributed by atoms with Crippen LogP contribution in [0.15, 0.2) is 24.3 Å². The van der Waals surface area contributed by atoms with Crippen LogP contribution in [0.4, 0.5) is 0 Å². The Morgan fingerprint density at radius 2 is 1.52 bits per heavy atom. The Bertz CT molecular complexity index is 598. The zero-order valence-electron chi connectivity index (χ0n) is 15.4. The van der Waals surface area contributed by atoms with Crippen molar-refractivity contribution in [3.63, 3.8) is 0 Å². The largest absolute Gasteiger partial charge is 0.340 e. The van der Waals surface area contributed by atoms with Crippen molar-refractivity contribution in [2.75, 3.05) is 45.8 Å². The maximum Gasteiger partial charge on any atom is 0.253 e. The lowest BCUT2D eigenvalue weighted by Gasteiger charge is -2.38. The van der Waals surface area contributed by atoms with Gasteiger partial charge < -0.3 is 14.7 Å². The number of nitrogens with zero attached hydrogens (tertiary/aromatic N) is 3. The monoisotopic (exact) mass is 343 g/mol. The van der Waals surface area contributed by atoms with Crippen LogP contribution in [0.5, 0.6) is 0 Å². The minimum absolute atomic E-state index is 0.0789. The summed E-state index contributed by atoms with van der Waals surface area (Å²) in [4.78, 5) is 31.6. The smallest absolute Gasteiger partial charge is 0.253 e. The maximum absolute atomic E-state index is 12.7. The highest BCUT2D eigenvalue weighted by Crippen LogP contribution is 2.22. The first-order valence-electron chi connectivity index (χ1n) is 9.45. The summed E-state index contributed by atoms with van der Waals surface area (Å²) in [7, 11) is 0. The van der Waals surface area contributed by atoms with Crippen LogP contribution in [-0.2, 0) is 4.79 Å². The zero-order chi connectivity index (χ0) is 17.8. The standard InChI is InChI=1S/C20H29N3O2/c1-3-21-12-14-23(15-13-21)20(25)18-8-10-22(11-9-18)19(24)17-6-4-16(2)5-7-17/h4-7,18H,3,8-15H2,1-2H3. The molecule has 2 amide bonds. The minimum atomic E-state index is 0.0789. The van der Waals surface area contributed by atoms with Crippen molar-refractivity contribution in [3.05, 3.63) is 35.4 Å². The van der Waals surface area contributed by atoms with E-state index < -0.39 is 0 Å². The number of carbonyl (C=O) groups excluding carboxylic acids is 2. The summed E-state index contributed by atoms with van der Waals surface area (Å²) in [5.74, 6) is 0.455. The van der Waals surface area contributed by atoms with Crippen LogP contribution >= 0.6 is 0 Å². The number of benzene rings is 1. The summed E-state index contributed by atoms with van der Waals surface area (Å²) in [6.07, 6.45) is 1.56. The molecule has 0 radical (unpaired) electrons. The van der Waals surface area contributed by atoms with Gasteiger partial charge in [0.1, 0.15) is 0 Å². The number of rotatable bonds is 3. The molecule has 1 aromatic carbocycles. The van der Waals surface area contributed by atoms with Gasteiger partial charge in [-0.25, -0.2) is 0 Å². The molecule has 0 N–H and O–H groups in total. The van der Waals surface area contributed by atoms with Crippen molar-refractivity contribution in [2.24, 2.45) is 5.92 Å². The second-order valence-electron chi connectivity index (χ2n) is 7.19. The molecular formula is C20H29N3O2. The Morgan fingerprint density at radius 1 is 0.920 bits per heavy atom. The molecule has 5 heteroatoms. The Labute approximate surface area is 150 Å². The second kappa shape index (κ2) is 8.00. The lowest BCUT2D eigenvalue weighted by atomic mass is 9.94. The van der Waals surface area contributed by atoms with Crippen LogP contribution in [0.3, 0.4) is 0 Å². The van der Waals surface area contributed by atoms with Crippen molar-refractivity contribution >= 4 is 11.8 Å². The van der Waals surface area contributed by atoms with Gasteiger partial charge >= 0.3 is 0 Å². The Balaban J connectivity index is 1.50. The van der Waals surface area contributed by atoms with Gasteiger partial charge in [-0.1, -0.05) is 24.6 Å². The maximum atomic E-state index is 12.7. The number of piperidine rings is 1. The lowest BCUT2D eigenvalue weighted by Crippen LogP contribution is -2.51. The fourth-order valence-corrected chi connectivity index (χ4v) is 3.75. The van der Waals surface area contributed by atoms with E-state index in [-0.39, 0.29) is 17.7 Å². The van der Waals surface area contributed by atoms with Crippen LogP contribution in [0.25, 0.3) is 0 Å². The molecule has 2 fully saturated rings. The van der Waals surface area contributed by atoms with E-state index in [0.717, 1.165) is 56.7 Å². The molecule has 0 aliphatic carbocycles. The van der Waals surface area contributed by atoms with Crippen LogP contribution in [0, 0.1) is 12.8 Å². The van der Waals surface area contributed by atoms with Gasteiger partial charge in [0.15, 0.2) is 0 Å². The number of likely N-dealkylation sites (N-methyl/N-ethyl adjacent to an activating group) is 1. The quantitative estimate of drug-likeness (QED) is 0.843. The molecule has 2 aliphatic rings. The molecule has 2 aliphatic heterocycles. The van der Waals surface area contributed by atoms with E-state index >= 15 is 0 Å². The molecule has 0 bridgehead atoms. The number of carbonyl (C=O) groups is 2. The molecule has 0 spiro atoms. The van der Waals surface area contributed by atoms with E-state index in [1.807, 2.05) is 41.0 Å². The number of likely N-dealkylation sites (tertiary alicyclic amines) is 1. The Morgan fingerprint density at radius 3 is 2.08 bits per heavy atom.